The molecule has 5 nitrogen and oxygen atoms in total. The minimum atomic E-state index is -3.90. The van der Waals surface area contributed by atoms with E-state index in [1.165, 1.54) is 43.9 Å². The fourth-order valence-corrected chi connectivity index (χ4v) is 5.92. The standard InChI is InChI=1S/C20H23ClN2O3S2/c21-18-11-10-15(20(24)22-12-13-27-17-8-4-5-9-17)14-19(18)28(25,26)23-16-6-2-1-3-7-16/h1-3,6-7,10-11,14,17,23H,4-5,8-9,12-13H2,(H,22,24). The van der Waals surface area contributed by atoms with Gasteiger partial charge in [-0.1, -0.05) is 42.6 Å². The number of sulfonamides is 1. The first kappa shape index (κ1) is 21.0. The van der Waals surface area contributed by atoms with Gasteiger partial charge in [-0.2, -0.15) is 11.8 Å². The number of carbonyl (C=O) groups is 1. The minimum absolute atomic E-state index is 0.0665. The summed E-state index contributed by atoms with van der Waals surface area (Å²) in [7, 11) is -3.90. The van der Waals surface area contributed by atoms with Crippen molar-refractivity contribution in [2.24, 2.45) is 0 Å². The van der Waals surface area contributed by atoms with Crippen molar-refractivity contribution in [2.75, 3.05) is 17.0 Å². The number of anilines is 1. The van der Waals surface area contributed by atoms with E-state index in [4.69, 9.17) is 11.6 Å². The van der Waals surface area contributed by atoms with E-state index in [9.17, 15) is 13.2 Å². The summed E-state index contributed by atoms with van der Waals surface area (Å²) in [5.41, 5.74) is 0.695. The number of amides is 1. The monoisotopic (exact) mass is 438 g/mol. The van der Waals surface area contributed by atoms with Crippen LogP contribution in [0.5, 0.6) is 0 Å². The molecule has 0 atom stereocenters. The second-order valence-electron chi connectivity index (χ2n) is 6.65. The molecule has 150 valence electrons. The van der Waals surface area contributed by atoms with Crippen LogP contribution in [0.2, 0.25) is 5.02 Å². The third-order valence-electron chi connectivity index (χ3n) is 4.55. The predicted molar refractivity (Wildman–Crippen MR) is 116 cm³/mol. The van der Waals surface area contributed by atoms with Crippen LogP contribution in [-0.4, -0.2) is 31.9 Å². The lowest BCUT2D eigenvalue weighted by molar-refractivity contribution is 0.0956. The molecule has 2 N–H and O–H groups in total. The Hall–Kier alpha value is -1.70. The summed E-state index contributed by atoms with van der Waals surface area (Å²) in [6, 6.07) is 12.8. The van der Waals surface area contributed by atoms with Gasteiger partial charge in [-0.3, -0.25) is 9.52 Å². The van der Waals surface area contributed by atoms with Crippen molar-refractivity contribution < 1.29 is 13.2 Å². The maximum Gasteiger partial charge on any atom is 0.263 e. The first-order chi connectivity index (χ1) is 13.5. The lowest BCUT2D eigenvalue weighted by Crippen LogP contribution is -2.26. The Morgan fingerprint density at radius 1 is 1.11 bits per heavy atom. The zero-order valence-electron chi connectivity index (χ0n) is 15.4. The number of thioether (sulfide) groups is 1. The number of hydrogen-bond acceptors (Lipinski definition) is 4. The molecule has 1 saturated carbocycles. The topological polar surface area (TPSA) is 75.3 Å². The quantitative estimate of drug-likeness (QED) is 0.593. The summed E-state index contributed by atoms with van der Waals surface area (Å²) in [5.74, 6) is 0.546. The van der Waals surface area contributed by atoms with Crippen molar-refractivity contribution in [3.63, 3.8) is 0 Å². The van der Waals surface area contributed by atoms with Gasteiger partial charge in [0.15, 0.2) is 0 Å². The molecule has 0 aromatic heterocycles. The van der Waals surface area contributed by atoms with E-state index in [0.29, 0.717) is 17.5 Å². The maximum absolute atomic E-state index is 12.7. The second-order valence-corrected chi connectivity index (χ2v) is 10.1. The molecular formula is C20H23ClN2O3S2. The molecule has 1 amide bonds. The Labute approximate surface area is 175 Å². The van der Waals surface area contributed by atoms with Crippen LogP contribution in [0.15, 0.2) is 53.4 Å². The van der Waals surface area contributed by atoms with Crippen molar-refractivity contribution >= 4 is 45.0 Å². The van der Waals surface area contributed by atoms with Gasteiger partial charge in [0.05, 0.1) is 5.02 Å². The number of hydrogen-bond donors (Lipinski definition) is 2. The molecule has 1 fully saturated rings. The second kappa shape index (κ2) is 9.67. The molecule has 0 unspecified atom stereocenters. The van der Waals surface area contributed by atoms with E-state index >= 15 is 0 Å². The lowest BCUT2D eigenvalue weighted by atomic mass is 10.2. The van der Waals surface area contributed by atoms with E-state index < -0.39 is 10.0 Å². The molecule has 0 bridgehead atoms. The van der Waals surface area contributed by atoms with Crippen LogP contribution in [0, 0.1) is 0 Å². The summed E-state index contributed by atoms with van der Waals surface area (Å²) in [6.45, 7) is 0.549. The van der Waals surface area contributed by atoms with Gasteiger partial charge in [-0.05, 0) is 43.2 Å². The molecule has 28 heavy (non-hydrogen) atoms. The van der Waals surface area contributed by atoms with Gasteiger partial charge in [0.1, 0.15) is 4.90 Å². The third kappa shape index (κ3) is 5.65. The molecule has 2 aromatic rings. The normalized spacial score (nSPS) is 14.8. The summed E-state index contributed by atoms with van der Waals surface area (Å²) in [5, 5.41) is 3.62. The Bertz CT molecular complexity index is 914. The highest BCUT2D eigenvalue weighted by Gasteiger charge is 2.20. The fraction of sp³-hybridized carbons (Fsp3) is 0.350. The van der Waals surface area contributed by atoms with Crippen molar-refractivity contribution in [3.8, 4) is 0 Å². The van der Waals surface area contributed by atoms with Gasteiger partial charge in [0, 0.05) is 28.8 Å². The van der Waals surface area contributed by atoms with Gasteiger partial charge in [-0.15, -0.1) is 0 Å². The molecular weight excluding hydrogens is 416 g/mol. The summed E-state index contributed by atoms with van der Waals surface area (Å²) < 4.78 is 27.8. The third-order valence-corrected chi connectivity index (χ3v) is 7.80. The molecule has 0 spiro atoms. The molecule has 0 saturated heterocycles. The van der Waals surface area contributed by atoms with Gasteiger partial charge in [0.25, 0.3) is 15.9 Å². The average molecular weight is 439 g/mol. The summed E-state index contributed by atoms with van der Waals surface area (Å²) in [4.78, 5) is 12.3. The van der Waals surface area contributed by atoms with Crippen molar-refractivity contribution in [3.05, 3.63) is 59.1 Å². The number of benzene rings is 2. The minimum Gasteiger partial charge on any atom is -0.351 e. The van der Waals surface area contributed by atoms with E-state index in [1.807, 2.05) is 11.8 Å². The molecule has 0 aliphatic heterocycles. The first-order valence-corrected chi connectivity index (χ1v) is 12.1. The largest absolute Gasteiger partial charge is 0.351 e. The van der Waals surface area contributed by atoms with Crippen molar-refractivity contribution in [2.45, 2.75) is 35.8 Å². The van der Waals surface area contributed by atoms with Gasteiger partial charge in [0.2, 0.25) is 0 Å². The molecule has 1 aliphatic rings. The number of rotatable bonds is 8. The van der Waals surface area contributed by atoms with E-state index in [0.717, 1.165) is 5.75 Å². The highest BCUT2D eigenvalue weighted by Crippen LogP contribution is 2.29. The number of para-hydroxylation sites is 1. The van der Waals surface area contributed by atoms with Crippen LogP contribution in [0.1, 0.15) is 36.0 Å². The highest BCUT2D eigenvalue weighted by molar-refractivity contribution is 7.99. The maximum atomic E-state index is 12.7. The SMILES string of the molecule is O=C(NCCSC1CCCC1)c1ccc(Cl)c(S(=O)(=O)Nc2ccccc2)c1. The van der Waals surface area contributed by atoms with Gasteiger partial charge >= 0.3 is 0 Å². The Balaban J connectivity index is 1.63. The number of nitrogens with one attached hydrogen (secondary N) is 2. The Morgan fingerprint density at radius 2 is 1.82 bits per heavy atom. The Morgan fingerprint density at radius 3 is 2.54 bits per heavy atom. The van der Waals surface area contributed by atoms with Crippen molar-refractivity contribution in [1.82, 2.24) is 5.32 Å². The molecule has 0 radical (unpaired) electrons. The zero-order chi connectivity index (χ0) is 20.0. The van der Waals surface area contributed by atoms with Gasteiger partial charge < -0.3 is 5.32 Å². The first-order valence-electron chi connectivity index (χ1n) is 9.23. The van der Waals surface area contributed by atoms with Gasteiger partial charge in [-0.25, -0.2) is 8.42 Å². The summed E-state index contributed by atoms with van der Waals surface area (Å²) in [6.07, 6.45) is 5.10. The molecule has 2 aromatic carbocycles. The van der Waals surface area contributed by atoms with Crippen molar-refractivity contribution in [1.29, 1.82) is 0 Å². The smallest absolute Gasteiger partial charge is 0.263 e. The number of carbonyl (C=O) groups excluding carboxylic acids is 1. The summed E-state index contributed by atoms with van der Waals surface area (Å²) >= 11 is 7.99. The zero-order valence-corrected chi connectivity index (χ0v) is 17.7. The predicted octanol–water partition coefficient (Wildman–Crippen LogP) is 4.55. The molecule has 3 rings (SSSR count). The number of halogens is 1. The van der Waals surface area contributed by atoms with E-state index in [2.05, 4.69) is 10.0 Å². The highest BCUT2D eigenvalue weighted by atomic mass is 35.5. The Kier molecular flexibility index (Phi) is 7.26. The molecule has 8 heteroatoms. The molecule has 1 aliphatic carbocycles. The lowest BCUT2D eigenvalue weighted by Gasteiger charge is -2.12. The average Bonchev–Trinajstić information content (AvgIpc) is 3.19. The van der Waals surface area contributed by atoms with Crippen LogP contribution in [0.25, 0.3) is 0 Å². The molecule has 0 heterocycles. The van der Waals surface area contributed by atoms with Crippen LogP contribution in [0.4, 0.5) is 5.69 Å². The van der Waals surface area contributed by atoms with E-state index in [1.54, 1.807) is 30.3 Å². The fourth-order valence-electron chi connectivity index (χ4n) is 3.11. The van der Waals surface area contributed by atoms with E-state index in [-0.39, 0.29) is 21.4 Å². The van der Waals surface area contributed by atoms with Crippen LogP contribution in [0.3, 0.4) is 0 Å². The van der Waals surface area contributed by atoms with Crippen LogP contribution in [-0.2, 0) is 10.0 Å². The van der Waals surface area contributed by atoms with Crippen LogP contribution < -0.4 is 10.0 Å². The van der Waals surface area contributed by atoms with Crippen LogP contribution >= 0.6 is 23.4 Å².